The predicted octanol–water partition coefficient (Wildman–Crippen LogP) is 1.86. The highest BCUT2D eigenvalue weighted by molar-refractivity contribution is 5.92. The van der Waals surface area contributed by atoms with Crippen molar-refractivity contribution in [3.8, 4) is 6.07 Å². The van der Waals surface area contributed by atoms with Gasteiger partial charge in [0, 0.05) is 12.2 Å². The molecular formula is C13H16FN3O. The van der Waals surface area contributed by atoms with Crippen LogP contribution in [-0.2, 0) is 4.79 Å². The molecule has 0 aromatic heterocycles. The summed E-state index contributed by atoms with van der Waals surface area (Å²) in [5.41, 5.74) is 0.558. The summed E-state index contributed by atoms with van der Waals surface area (Å²) < 4.78 is 12.7. The van der Waals surface area contributed by atoms with Crippen LogP contribution in [0.4, 0.5) is 10.1 Å². The quantitative estimate of drug-likeness (QED) is 0.866. The minimum atomic E-state index is -0.340. The Labute approximate surface area is 106 Å². The molecular weight excluding hydrogens is 233 g/mol. The lowest BCUT2D eigenvalue weighted by molar-refractivity contribution is -0.117. The lowest BCUT2D eigenvalue weighted by Crippen LogP contribution is -2.32. The van der Waals surface area contributed by atoms with E-state index in [4.69, 9.17) is 5.26 Å². The Morgan fingerprint density at radius 2 is 2.11 bits per heavy atom. The van der Waals surface area contributed by atoms with Gasteiger partial charge in [0.1, 0.15) is 5.82 Å². The Hall–Kier alpha value is -1.93. The summed E-state index contributed by atoms with van der Waals surface area (Å²) >= 11 is 0. The van der Waals surface area contributed by atoms with E-state index < -0.39 is 0 Å². The molecule has 0 heterocycles. The van der Waals surface area contributed by atoms with E-state index in [0.29, 0.717) is 12.2 Å². The Balaban J connectivity index is 2.42. The molecule has 0 saturated heterocycles. The maximum absolute atomic E-state index is 12.7. The van der Waals surface area contributed by atoms with Crippen LogP contribution in [0.5, 0.6) is 0 Å². The van der Waals surface area contributed by atoms with Gasteiger partial charge < -0.3 is 5.32 Å². The topological polar surface area (TPSA) is 56.1 Å². The molecule has 0 aliphatic rings. The third kappa shape index (κ3) is 4.93. The average Bonchev–Trinajstić information content (AvgIpc) is 2.31. The predicted molar refractivity (Wildman–Crippen MR) is 67.3 cm³/mol. The first-order valence-electron chi connectivity index (χ1n) is 5.65. The number of nitrogens with one attached hydrogen (secondary N) is 1. The van der Waals surface area contributed by atoms with Crippen molar-refractivity contribution in [1.82, 2.24) is 4.90 Å². The molecule has 1 atom stereocenters. The van der Waals surface area contributed by atoms with Gasteiger partial charge in [0.25, 0.3) is 0 Å². The zero-order valence-electron chi connectivity index (χ0n) is 10.5. The first-order valence-corrected chi connectivity index (χ1v) is 5.65. The Bertz CT molecular complexity index is 439. The van der Waals surface area contributed by atoms with Gasteiger partial charge in [-0.15, -0.1) is 0 Å². The summed E-state index contributed by atoms with van der Waals surface area (Å²) in [5, 5.41) is 11.3. The Morgan fingerprint density at radius 1 is 1.50 bits per heavy atom. The second kappa shape index (κ2) is 6.72. The zero-order chi connectivity index (χ0) is 13.5. The molecule has 18 heavy (non-hydrogen) atoms. The van der Waals surface area contributed by atoms with Crippen molar-refractivity contribution in [2.24, 2.45) is 5.92 Å². The third-order valence-corrected chi connectivity index (χ3v) is 2.35. The third-order valence-electron chi connectivity index (χ3n) is 2.35. The summed E-state index contributed by atoms with van der Waals surface area (Å²) in [5.74, 6) is -0.643. The van der Waals surface area contributed by atoms with Crippen molar-refractivity contribution in [1.29, 1.82) is 5.26 Å². The van der Waals surface area contributed by atoms with E-state index in [1.807, 2.05) is 0 Å². The van der Waals surface area contributed by atoms with E-state index in [-0.39, 0.29) is 24.2 Å². The van der Waals surface area contributed by atoms with Crippen LogP contribution in [0.1, 0.15) is 6.92 Å². The van der Waals surface area contributed by atoms with Crippen molar-refractivity contribution in [2.45, 2.75) is 6.92 Å². The number of carbonyl (C=O) groups is 1. The van der Waals surface area contributed by atoms with Crippen LogP contribution in [0.2, 0.25) is 0 Å². The van der Waals surface area contributed by atoms with Crippen molar-refractivity contribution < 1.29 is 9.18 Å². The van der Waals surface area contributed by atoms with Crippen LogP contribution in [0, 0.1) is 23.1 Å². The smallest absolute Gasteiger partial charge is 0.238 e. The van der Waals surface area contributed by atoms with Crippen LogP contribution in [-0.4, -0.2) is 30.9 Å². The number of nitriles is 1. The van der Waals surface area contributed by atoms with Gasteiger partial charge in [-0.25, -0.2) is 4.39 Å². The lowest BCUT2D eigenvalue weighted by Gasteiger charge is -2.17. The fourth-order valence-electron chi connectivity index (χ4n) is 1.55. The zero-order valence-corrected chi connectivity index (χ0v) is 10.5. The van der Waals surface area contributed by atoms with Crippen LogP contribution >= 0.6 is 0 Å². The summed E-state index contributed by atoms with van der Waals surface area (Å²) in [6.07, 6.45) is 0. The first-order chi connectivity index (χ1) is 8.51. The number of likely N-dealkylation sites (N-methyl/N-ethyl adjacent to an activating group) is 1. The van der Waals surface area contributed by atoms with Gasteiger partial charge >= 0.3 is 0 Å². The highest BCUT2D eigenvalue weighted by atomic mass is 19.1. The molecule has 0 aliphatic heterocycles. The number of nitrogens with zero attached hydrogens (tertiary/aromatic N) is 2. The molecule has 0 bridgehead atoms. The van der Waals surface area contributed by atoms with E-state index in [0.717, 1.165) is 0 Å². The molecule has 4 nitrogen and oxygen atoms in total. The maximum atomic E-state index is 12.7. The highest BCUT2D eigenvalue weighted by Crippen LogP contribution is 2.08. The number of amides is 1. The SMILES string of the molecule is CC(C#N)CN(C)CC(=O)Nc1ccc(F)cc1. The number of anilines is 1. The van der Waals surface area contributed by atoms with Gasteiger partial charge in [0.15, 0.2) is 0 Å². The standard InChI is InChI=1S/C13H16FN3O/c1-10(7-15)8-17(2)9-13(18)16-12-5-3-11(14)4-6-12/h3-6,10H,8-9H2,1-2H3,(H,16,18). The number of carbonyl (C=O) groups excluding carboxylic acids is 1. The summed E-state index contributed by atoms with van der Waals surface area (Å²) in [4.78, 5) is 13.4. The van der Waals surface area contributed by atoms with Crippen molar-refractivity contribution in [2.75, 3.05) is 25.5 Å². The molecule has 1 aromatic rings. The second-order valence-corrected chi connectivity index (χ2v) is 4.28. The van der Waals surface area contributed by atoms with Crippen molar-refractivity contribution in [3.63, 3.8) is 0 Å². The van der Waals surface area contributed by atoms with Crippen LogP contribution in [0.25, 0.3) is 0 Å². The number of hydrogen-bond donors (Lipinski definition) is 1. The van der Waals surface area contributed by atoms with Crippen LogP contribution < -0.4 is 5.32 Å². The van der Waals surface area contributed by atoms with E-state index in [1.54, 1.807) is 18.9 Å². The number of benzene rings is 1. The molecule has 96 valence electrons. The van der Waals surface area contributed by atoms with Gasteiger partial charge in [-0.1, -0.05) is 0 Å². The molecule has 0 saturated carbocycles. The molecule has 0 fully saturated rings. The second-order valence-electron chi connectivity index (χ2n) is 4.28. The van der Waals surface area contributed by atoms with Gasteiger partial charge in [-0.2, -0.15) is 5.26 Å². The largest absolute Gasteiger partial charge is 0.325 e. The molecule has 0 spiro atoms. The molecule has 1 amide bonds. The monoisotopic (exact) mass is 249 g/mol. The molecule has 1 unspecified atom stereocenters. The maximum Gasteiger partial charge on any atom is 0.238 e. The Morgan fingerprint density at radius 3 is 2.67 bits per heavy atom. The minimum absolute atomic E-state index is 0.117. The molecule has 1 rings (SSSR count). The lowest BCUT2D eigenvalue weighted by atomic mass is 10.2. The summed E-state index contributed by atoms with van der Waals surface area (Å²) in [7, 11) is 1.78. The van der Waals surface area contributed by atoms with Crippen LogP contribution in [0.15, 0.2) is 24.3 Å². The van der Waals surface area contributed by atoms with E-state index in [9.17, 15) is 9.18 Å². The molecule has 5 heteroatoms. The molecule has 1 N–H and O–H groups in total. The fraction of sp³-hybridized carbons (Fsp3) is 0.385. The van der Waals surface area contributed by atoms with Gasteiger partial charge in [-0.05, 0) is 38.2 Å². The summed E-state index contributed by atoms with van der Waals surface area (Å²) in [6, 6.07) is 7.70. The van der Waals surface area contributed by atoms with Crippen molar-refractivity contribution in [3.05, 3.63) is 30.1 Å². The van der Waals surface area contributed by atoms with Gasteiger partial charge in [0.05, 0.1) is 18.5 Å². The first kappa shape index (κ1) is 14.1. The minimum Gasteiger partial charge on any atom is -0.325 e. The normalized spacial score (nSPS) is 11.9. The van der Waals surface area contributed by atoms with Crippen LogP contribution in [0.3, 0.4) is 0 Å². The number of halogens is 1. The molecule has 0 radical (unpaired) electrons. The van der Waals surface area contributed by atoms with E-state index in [1.165, 1.54) is 24.3 Å². The molecule has 0 aliphatic carbocycles. The Kier molecular flexibility index (Phi) is 5.28. The summed E-state index contributed by atoms with van der Waals surface area (Å²) in [6.45, 7) is 2.53. The van der Waals surface area contributed by atoms with Gasteiger partial charge in [0.2, 0.25) is 5.91 Å². The average molecular weight is 249 g/mol. The fourth-order valence-corrected chi connectivity index (χ4v) is 1.55. The number of hydrogen-bond acceptors (Lipinski definition) is 3. The highest BCUT2D eigenvalue weighted by Gasteiger charge is 2.09. The van der Waals surface area contributed by atoms with Crippen molar-refractivity contribution >= 4 is 11.6 Å². The van der Waals surface area contributed by atoms with E-state index >= 15 is 0 Å². The molecule has 1 aromatic carbocycles. The van der Waals surface area contributed by atoms with Gasteiger partial charge in [-0.3, -0.25) is 9.69 Å². The number of rotatable bonds is 5. The van der Waals surface area contributed by atoms with E-state index in [2.05, 4.69) is 11.4 Å².